The fraction of sp³-hybridized carbons (Fsp3) is 0.306. The Morgan fingerprint density at radius 3 is 1.63 bits per heavy atom. The summed E-state index contributed by atoms with van der Waals surface area (Å²) in [5.74, 6) is 0.165. The molecule has 2 saturated heterocycles. The highest BCUT2D eigenvalue weighted by molar-refractivity contribution is 5.96. The van der Waals surface area contributed by atoms with Crippen LogP contribution in [-0.4, -0.2) is 90.9 Å². The molecule has 3 heterocycles. The predicted molar refractivity (Wildman–Crippen MR) is 172 cm³/mol. The topological polar surface area (TPSA) is 60.0 Å². The summed E-state index contributed by atoms with van der Waals surface area (Å²) in [5.41, 5.74) is 6.11. The van der Waals surface area contributed by atoms with Gasteiger partial charge in [-0.3, -0.25) is 14.5 Å². The van der Waals surface area contributed by atoms with Crippen molar-refractivity contribution in [3.8, 4) is 22.5 Å². The number of aromatic nitrogens is 1. The molecule has 6 rings (SSSR count). The van der Waals surface area contributed by atoms with Crippen LogP contribution in [0.25, 0.3) is 22.5 Å². The Kier molecular flexibility index (Phi) is 8.52. The maximum absolute atomic E-state index is 13.8. The lowest BCUT2D eigenvalue weighted by Gasteiger charge is -2.42. The molecule has 0 saturated carbocycles. The number of nitrogens with zero attached hydrogens (tertiary/aromatic N) is 5. The number of likely N-dealkylation sites (tertiary alicyclic amines) is 1. The zero-order valence-electron chi connectivity index (χ0n) is 25.0. The first-order valence-electron chi connectivity index (χ1n) is 15.2. The number of piperidine rings is 1. The highest BCUT2D eigenvalue weighted by Crippen LogP contribution is 2.27. The Bertz CT molecular complexity index is 1480. The van der Waals surface area contributed by atoms with Gasteiger partial charge < -0.3 is 14.7 Å². The Hall–Kier alpha value is -4.49. The predicted octanol–water partition coefficient (Wildman–Crippen LogP) is 5.54. The summed E-state index contributed by atoms with van der Waals surface area (Å²) in [7, 11) is 4.00. The lowest BCUT2D eigenvalue weighted by Crippen LogP contribution is -2.54. The molecule has 2 amide bonds. The molecule has 7 heteroatoms. The van der Waals surface area contributed by atoms with E-state index in [4.69, 9.17) is 4.98 Å². The highest BCUT2D eigenvalue weighted by Gasteiger charge is 2.31. The molecule has 0 unspecified atom stereocenters. The molecule has 2 fully saturated rings. The number of benzene rings is 3. The summed E-state index contributed by atoms with van der Waals surface area (Å²) >= 11 is 0. The van der Waals surface area contributed by atoms with E-state index in [2.05, 4.69) is 4.90 Å². The lowest BCUT2D eigenvalue weighted by molar-refractivity contribution is 0.0412. The molecule has 0 aliphatic carbocycles. The zero-order chi connectivity index (χ0) is 29.8. The Morgan fingerprint density at radius 2 is 1.12 bits per heavy atom. The average molecular weight is 574 g/mol. The van der Waals surface area contributed by atoms with Crippen molar-refractivity contribution < 1.29 is 9.59 Å². The van der Waals surface area contributed by atoms with Crippen molar-refractivity contribution in [2.45, 2.75) is 18.9 Å². The Labute approximate surface area is 254 Å². The third-order valence-electron chi connectivity index (χ3n) is 8.71. The van der Waals surface area contributed by atoms with Crippen LogP contribution in [0.4, 0.5) is 5.69 Å². The fourth-order valence-electron chi connectivity index (χ4n) is 6.16. The minimum absolute atomic E-state index is 0.0529. The lowest BCUT2D eigenvalue weighted by atomic mass is 10.0. The fourth-order valence-corrected chi connectivity index (χ4v) is 6.16. The number of rotatable bonds is 6. The van der Waals surface area contributed by atoms with Gasteiger partial charge in [0.1, 0.15) is 0 Å². The van der Waals surface area contributed by atoms with E-state index in [1.807, 2.05) is 126 Å². The monoisotopic (exact) mass is 573 g/mol. The maximum Gasteiger partial charge on any atom is 0.254 e. The summed E-state index contributed by atoms with van der Waals surface area (Å²) in [4.78, 5) is 40.3. The third-order valence-corrected chi connectivity index (χ3v) is 8.71. The molecule has 0 bridgehead atoms. The van der Waals surface area contributed by atoms with E-state index in [1.54, 1.807) is 0 Å². The maximum atomic E-state index is 13.8. The van der Waals surface area contributed by atoms with Crippen LogP contribution in [0.3, 0.4) is 0 Å². The number of anilines is 1. The molecule has 0 spiro atoms. The minimum Gasteiger partial charge on any atom is -0.378 e. The number of piperazine rings is 1. The summed E-state index contributed by atoms with van der Waals surface area (Å²) in [6.45, 7) is 4.61. The van der Waals surface area contributed by atoms with Crippen molar-refractivity contribution in [3.63, 3.8) is 0 Å². The van der Waals surface area contributed by atoms with Gasteiger partial charge in [0, 0.05) is 87.3 Å². The second-order valence-corrected chi connectivity index (χ2v) is 11.7. The first kappa shape index (κ1) is 28.6. The number of pyridine rings is 1. The summed E-state index contributed by atoms with van der Waals surface area (Å²) in [6, 6.07) is 32.2. The van der Waals surface area contributed by atoms with E-state index >= 15 is 0 Å². The molecule has 220 valence electrons. The molecular formula is C36H39N5O2. The number of carbonyl (C=O) groups excluding carboxylic acids is 2. The molecule has 2 aliphatic heterocycles. The van der Waals surface area contributed by atoms with Gasteiger partial charge in [-0.15, -0.1) is 0 Å². The molecule has 3 aromatic carbocycles. The van der Waals surface area contributed by atoms with Crippen LogP contribution in [0, 0.1) is 0 Å². The van der Waals surface area contributed by atoms with Crippen LogP contribution >= 0.6 is 0 Å². The van der Waals surface area contributed by atoms with E-state index < -0.39 is 0 Å². The smallest absolute Gasteiger partial charge is 0.254 e. The van der Waals surface area contributed by atoms with Crippen LogP contribution in [-0.2, 0) is 0 Å². The second kappa shape index (κ2) is 12.8. The van der Waals surface area contributed by atoms with Crippen LogP contribution in [0.1, 0.15) is 33.6 Å². The van der Waals surface area contributed by atoms with Gasteiger partial charge in [-0.1, -0.05) is 60.7 Å². The van der Waals surface area contributed by atoms with E-state index in [0.29, 0.717) is 24.7 Å². The molecule has 43 heavy (non-hydrogen) atoms. The number of amides is 2. The van der Waals surface area contributed by atoms with Crippen molar-refractivity contribution in [1.82, 2.24) is 19.7 Å². The van der Waals surface area contributed by atoms with Gasteiger partial charge in [0.25, 0.3) is 11.8 Å². The number of carbonyl (C=O) groups is 2. The van der Waals surface area contributed by atoms with Crippen molar-refractivity contribution in [2.24, 2.45) is 0 Å². The van der Waals surface area contributed by atoms with E-state index in [9.17, 15) is 9.59 Å². The SMILES string of the molecule is CN(C)c1ccc(C(=O)N2CCC(N3CCN(C(=O)c4cc(-c5ccccc5)nc(-c5ccccc5)c4)CC3)CC2)cc1. The molecule has 7 nitrogen and oxygen atoms in total. The van der Waals surface area contributed by atoms with Gasteiger partial charge in [-0.05, 0) is 49.2 Å². The first-order chi connectivity index (χ1) is 21.0. The Balaban J connectivity index is 1.08. The molecule has 1 aromatic heterocycles. The van der Waals surface area contributed by atoms with Crippen molar-refractivity contribution in [1.29, 1.82) is 0 Å². The first-order valence-corrected chi connectivity index (χ1v) is 15.2. The minimum atomic E-state index is 0.0529. The number of hydrogen-bond acceptors (Lipinski definition) is 5. The van der Waals surface area contributed by atoms with Crippen LogP contribution in [0.2, 0.25) is 0 Å². The van der Waals surface area contributed by atoms with Gasteiger partial charge >= 0.3 is 0 Å². The molecule has 0 radical (unpaired) electrons. The Morgan fingerprint density at radius 1 is 0.628 bits per heavy atom. The molecule has 2 aliphatic rings. The van der Waals surface area contributed by atoms with Crippen LogP contribution < -0.4 is 4.90 Å². The van der Waals surface area contributed by atoms with Crippen molar-refractivity contribution in [3.05, 3.63) is 108 Å². The van der Waals surface area contributed by atoms with Gasteiger partial charge in [0.15, 0.2) is 0 Å². The molecule has 0 atom stereocenters. The summed E-state index contributed by atoms with van der Waals surface area (Å²) in [6.07, 6.45) is 1.92. The van der Waals surface area contributed by atoms with E-state index in [-0.39, 0.29) is 11.8 Å². The average Bonchev–Trinajstić information content (AvgIpc) is 3.08. The van der Waals surface area contributed by atoms with Gasteiger partial charge in [0.05, 0.1) is 11.4 Å². The second-order valence-electron chi connectivity index (χ2n) is 11.7. The summed E-state index contributed by atoms with van der Waals surface area (Å²) in [5, 5.41) is 0. The normalized spacial score (nSPS) is 16.2. The van der Waals surface area contributed by atoms with E-state index in [1.165, 1.54) is 0 Å². The molecular weight excluding hydrogens is 534 g/mol. The van der Waals surface area contributed by atoms with Gasteiger partial charge in [-0.25, -0.2) is 4.98 Å². The molecule has 4 aromatic rings. The quantitative estimate of drug-likeness (QED) is 0.303. The van der Waals surface area contributed by atoms with Crippen molar-refractivity contribution in [2.75, 3.05) is 58.3 Å². The van der Waals surface area contributed by atoms with Gasteiger partial charge in [-0.2, -0.15) is 0 Å². The number of hydrogen-bond donors (Lipinski definition) is 0. The van der Waals surface area contributed by atoms with Crippen LogP contribution in [0.5, 0.6) is 0 Å². The largest absolute Gasteiger partial charge is 0.378 e. The molecule has 0 N–H and O–H groups in total. The summed E-state index contributed by atoms with van der Waals surface area (Å²) < 4.78 is 0. The van der Waals surface area contributed by atoms with Gasteiger partial charge in [0.2, 0.25) is 0 Å². The third kappa shape index (κ3) is 6.47. The van der Waals surface area contributed by atoms with Crippen LogP contribution in [0.15, 0.2) is 97.1 Å². The zero-order valence-corrected chi connectivity index (χ0v) is 25.0. The standard InChI is InChI=1S/C36H39N5O2/c1-38(2)31-15-13-29(14-16-31)35(42)40-19-17-32(18-20-40)39-21-23-41(24-22-39)36(43)30-25-33(27-9-5-3-6-10-27)37-34(26-30)28-11-7-4-8-12-28/h3-16,25-26,32H,17-24H2,1-2H3. The van der Waals surface area contributed by atoms with Crippen molar-refractivity contribution >= 4 is 17.5 Å². The van der Waals surface area contributed by atoms with E-state index in [0.717, 1.165) is 72.8 Å². The highest BCUT2D eigenvalue weighted by atomic mass is 16.2.